The molecule has 144 valence electrons. The third kappa shape index (κ3) is 5.48. The lowest BCUT2D eigenvalue weighted by Gasteiger charge is -2.20. The summed E-state index contributed by atoms with van der Waals surface area (Å²) < 4.78 is 5.81. The standard InChI is InChI=1S/C20H20Cl2O4S/c21-13-8-14(22)10-15(9-13)26-11-17-12(4-6-18(17)23)2-1-3-16-5-7-19(27-16)20(24)25/h4-5,7-10,17-18,23H,1-3,6,11H2,(H,24,25)/t17-,18-/m1/s1. The summed E-state index contributed by atoms with van der Waals surface area (Å²) in [6, 6.07) is 8.57. The van der Waals surface area contributed by atoms with Crippen LogP contribution in [0.1, 0.15) is 33.8 Å². The maximum atomic E-state index is 11.0. The molecule has 2 aromatic rings. The van der Waals surface area contributed by atoms with Gasteiger partial charge in [0, 0.05) is 20.8 Å². The molecule has 3 rings (SSSR count). The van der Waals surface area contributed by atoms with E-state index in [1.807, 2.05) is 6.07 Å². The van der Waals surface area contributed by atoms with Crippen LogP contribution < -0.4 is 4.74 Å². The summed E-state index contributed by atoms with van der Waals surface area (Å²) in [6.45, 7) is 0.367. The molecule has 1 aliphatic carbocycles. The van der Waals surface area contributed by atoms with Gasteiger partial charge in [0.1, 0.15) is 10.6 Å². The van der Waals surface area contributed by atoms with Crippen molar-refractivity contribution in [1.82, 2.24) is 0 Å². The van der Waals surface area contributed by atoms with Crippen LogP contribution in [0.5, 0.6) is 5.75 Å². The van der Waals surface area contributed by atoms with Gasteiger partial charge in [-0.1, -0.05) is 34.9 Å². The molecule has 0 amide bonds. The summed E-state index contributed by atoms with van der Waals surface area (Å²) in [5, 5.41) is 20.3. The van der Waals surface area contributed by atoms with Gasteiger partial charge in [-0.3, -0.25) is 0 Å². The third-order valence-electron chi connectivity index (χ3n) is 4.59. The molecular formula is C20H20Cl2O4S. The van der Waals surface area contributed by atoms with Crippen LogP contribution in [0.15, 0.2) is 42.0 Å². The van der Waals surface area contributed by atoms with Gasteiger partial charge in [-0.25, -0.2) is 4.79 Å². The monoisotopic (exact) mass is 426 g/mol. The summed E-state index contributed by atoms with van der Waals surface area (Å²) in [5.74, 6) is -0.349. The number of halogens is 2. The van der Waals surface area contributed by atoms with Gasteiger partial charge in [0.2, 0.25) is 0 Å². The molecule has 2 N–H and O–H groups in total. The van der Waals surface area contributed by atoms with Crippen molar-refractivity contribution in [3.05, 3.63) is 61.8 Å². The van der Waals surface area contributed by atoms with Crippen LogP contribution in [0.2, 0.25) is 10.0 Å². The number of ether oxygens (including phenoxy) is 1. The zero-order valence-electron chi connectivity index (χ0n) is 14.5. The lowest BCUT2D eigenvalue weighted by atomic mass is 9.96. The van der Waals surface area contributed by atoms with E-state index in [-0.39, 0.29) is 5.92 Å². The molecule has 0 aliphatic heterocycles. The second-order valence-corrected chi connectivity index (χ2v) is 8.57. The maximum Gasteiger partial charge on any atom is 0.345 e. The molecule has 2 atom stereocenters. The van der Waals surface area contributed by atoms with Crippen molar-refractivity contribution >= 4 is 40.5 Å². The van der Waals surface area contributed by atoms with Crippen LogP contribution in [0.25, 0.3) is 0 Å². The molecule has 0 unspecified atom stereocenters. The fourth-order valence-electron chi connectivity index (χ4n) is 3.23. The third-order valence-corrected chi connectivity index (χ3v) is 6.16. The van der Waals surface area contributed by atoms with Gasteiger partial charge in [0.05, 0.1) is 12.7 Å². The van der Waals surface area contributed by atoms with E-state index in [9.17, 15) is 9.90 Å². The van der Waals surface area contributed by atoms with Gasteiger partial charge in [0.25, 0.3) is 0 Å². The van der Waals surface area contributed by atoms with Gasteiger partial charge in [0.15, 0.2) is 0 Å². The van der Waals surface area contributed by atoms with E-state index in [2.05, 4.69) is 6.08 Å². The number of carbonyl (C=O) groups is 1. The highest BCUT2D eigenvalue weighted by atomic mass is 35.5. The highest BCUT2D eigenvalue weighted by Crippen LogP contribution is 2.32. The molecule has 7 heteroatoms. The summed E-state index contributed by atoms with van der Waals surface area (Å²) in [5.41, 5.74) is 1.19. The van der Waals surface area contributed by atoms with Crippen molar-refractivity contribution in [2.75, 3.05) is 6.61 Å². The molecule has 0 fully saturated rings. The van der Waals surface area contributed by atoms with Crippen molar-refractivity contribution in [3.63, 3.8) is 0 Å². The summed E-state index contributed by atoms with van der Waals surface area (Å²) in [4.78, 5) is 12.4. The Hall–Kier alpha value is -1.53. The lowest BCUT2D eigenvalue weighted by molar-refractivity contribution is 0.0702. The molecule has 0 bridgehead atoms. The summed E-state index contributed by atoms with van der Waals surface area (Å²) in [7, 11) is 0. The molecule has 27 heavy (non-hydrogen) atoms. The van der Waals surface area contributed by atoms with E-state index < -0.39 is 12.1 Å². The molecule has 1 heterocycles. The molecule has 0 spiro atoms. The highest BCUT2D eigenvalue weighted by molar-refractivity contribution is 7.13. The molecule has 1 aromatic heterocycles. The Bertz CT molecular complexity index is 826. The minimum atomic E-state index is -0.883. The molecule has 0 radical (unpaired) electrons. The Labute approximate surface area is 172 Å². The first-order valence-corrected chi connectivity index (χ1v) is 10.3. The number of benzene rings is 1. The summed E-state index contributed by atoms with van der Waals surface area (Å²) >= 11 is 13.3. The number of hydrogen-bond acceptors (Lipinski definition) is 4. The molecule has 1 aromatic carbocycles. The predicted molar refractivity (Wildman–Crippen MR) is 108 cm³/mol. The number of carboxylic acid groups (broad SMARTS) is 1. The number of hydrogen-bond donors (Lipinski definition) is 2. The van der Waals surface area contributed by atoms with Crippen LogP contribution in [0, 0.1) is 5.92 Å². The second-order valence-electron chi connectivity index (χ2n) is 6.53. The van der Waals surface area contributed by atoms with Crippen molar-refractivity contribution in [2.45, 2.75) is 31.8 Å². The van der Waals surface area contributed by atoms with Crippen molar-refractivity contribution in [3.8, 4) is 5.75 Å². The molecule has 0 saturated carbocycles. The van der Waals surface area contributed by atoms with E-state index in [1.165, 1.54) is 16.9 Å². The van der Waals surface area contributed by atoms with Gasteiger partial charge < -0.3 is 14.9 Å². The number of aliphatic hydroxyl groups excluding tert-OH is 1. The second kappa shape index (κ2) is 9.11. The van der Waals surface area contributed by atoms with E-state index >= 15 is 0 Å². The van der Waals surface area contributed by atoms with E-state index in [0.29, 0.717) is 33.7 Å². The van der Waals surface area contributed by atoms with Crippen LogP contribution in [-0.4, -0.2) is 28.9 Å². The molecular weight excluding hydrogens is 407 g/mol. The number of aryl methyl sites for hydroxylation is 1. The smallest absolute Gasteiger partial charge is 0.345 e. The lowest BCUT2D eigenvalue weighted by Crippen LogP contribution is -2.23. The molecule has 0 saturated heterocycles. The van der Waals surface area contributed by atoms with Crippen LogP contribution in [0.3, 0.4) is 0 Å². The number of rotatable bonds is 8. The Morgan fingerprint density at radius 2 is 1.93 bits per heavy atom. The number of carboxylic acids is 1. The number of aliphatic hydroxyl groups is 1. The Kier molecular flexibility index (Phi) is 6.82. The minimum Gasteiger partial charge on any atom is -0.493 e. The Morgan fingerprint density at radius 1 is 1.19 bits per heavy atom. The topological polar surface area (TPSA) is 66.8 Å². The number of thiophene rings is 1. The average molecular weight is 427 g/mol. The summed E-state index contributed by atoms with van der Waals surface area (Å²) in [6.07, 6.45) is 4.83. The van der Waals surface area contributed by atoms with Gasteiger partial charge in [-0.15, -0.1) is 11.3 Å². The Morgan fingerprint density at radius 3 is 2.59 bits per heavy atom. The predicted octanol–water partition coefficient (Wildman–Crippen LogP) is 5.46. The largest absolute Gasteiger partial charge is 0.493 e. The fraction of sp³-hybridized carbons (Fsp3) is 0.350. The van der Waals surface area contributed by atoms with Crippen molar-refractivity contribution in [1.29, 1.82) is 0 Å². The first-order chi connectivity index (χ1) is 12.9. The fourth-order valence-corrected chi connectivity index (χ4v) is 4.63. The first-order valence-electron chi connectivity index (χ1n) is 8.70. The first kappa shape index (κ1) is 20.2. The number of aromatic carboxylic acids is 1. The van der Waals surface area contributed by atoms with E-state index in [0.717, 1.165) is 24.1 Å². The zero-order valence-corrected chi connectivity index (χ0v) is 16.9. The maximum absolute atomic E-state index is 11.0. The van der Waals surface area contributed by atoms with Gasteiger partial charge in [-0.2, -0.15) is 0 Å². The van der Waals surface area contributed by atoms with E-state index in [1.54, 1.807) is 24.3 Å². The van der Waals surface area contributed by atoms with Gasteiger partial charge >= 0.3 is 5.97 Å². The van der Waals surface area contributed by atoms with E-state index in [4.69, 9.17) is 33.0 Å². The minimum absolute atomic E-state index is 0.0549. The van der Waals surface area contributed by atoms with Gasteiger partial charge in [-0.05, 0) is 56.0 Å². The molecule has 4 nitrogen and oxygen atoms in total. The highest BCUT2D eigenvalue weighted by Gasteiger charge is 2.28. The SMILES string of the molecule is O=C(O)c1ccc(CCCC2=CC[C@@H](O)[C@@H]2COc2cc(Cl)cc(Cl)c2)s1. The zero-order chi connectivity index (χ0) is 19.4. The van der Waals surface area contributed by atoms with Crippen LogP contribution >= 0.6 is 34.5 Å². The molecule has 1 aliphatic rings. The van der Waals surface area contributed by atoms with Crippen LogP contribution in [-0.2, 0) is 6.42 Å². The van der Waals surface area contributed by atoms with Crippen molar-refractivity contribution in [2.24, 2.45) is 5.92 Å². The quantitative estimate of drug-likeness (QED) is 0.549. The Balaban J connectivity index is 1.52. The average Bonchev–Trinajstić information content (AvgIpc) is 3.20. The van der Waals surface area contributed by atoms with Crippen LogP contribution in [0.4, 0.5) is 0 Å². The normalized spacial score (nSPS) is 19.1. The van der Waals surface area contributed by atoms with Crippen molar-refractivity contribution < 1.29 is 19.7 Å².